The van der Waals surface area contributed by atoms with Crippen LogP contribution in [0.15, 0.2) is 82.5 Å². The highest BCUT2D eigenvalue weighted by molar-refractivity contribution is 7.26. The fourth-order valence-electron chi connectivity index (χ4n) is 4.75. The number of fused-ring (bicyclic) bond motifs is 4. The van der Waals surface area contributed by atoms with Crippen LogP contribution in [-0.4, -0.2) is 26.3 Å². The van der Waals surface area contributed by atoms with Crippen LogP contribution in [-0.2, 0) is 11.2 Å². The van der Waals surface area contributed by atoms with Crippen LogP contribution < -0.4 is 10.3 Å². The standard InChI is InChI=1S/C28H23NO3S/c1-2-6-18-11-12-20-19-7-3-4-10-24(19)33-28(20)26(18)22-9-5-8-21-23(30)17-25(32-27(21)22)29-13-15-31-16-14-29/h2-5,7-12,17H,1,6,13-16H2. The fraction of sp³-hybridized carbons (Fsp3) is 0.179. The molecule has 0 radical (unpaired) electrons. The molecular formula is C28H23NO3S. The molecule has 33 heavy (non-hydrogen) atoms. The van der Waals surface area contributed by atoms with Crippen LogP contribution in [0.5, 0.6) is 0 Å². The van der Waals surface area contributed by atoms with Crippen molar-refractivity contribution in [3.8, 4) is 11.1 Å². The predicted octanol–water partition coefficient (Wildman–Crippen LogP) is 6.39. The van der Waals surface area contributed by atoms with Gasteiger partial charge < -0.3 is 14.1 Å². The molecule has 0 N–H and O–H groups in total. The van der Waals surface area contributed by atoms with E-state index < -0.39 is 0 Å². The first-order chi connectivity index (χ1) is 16.2. The summed E-state index contributed by atoms with van der Waals surface area (Å²) in [5, 5.41) is 3.08. The minimum atomic E-state index is -0.0200. The van der Waals surface area contributed by atoms with Crippen molar-refractivity contribution in [1.29, 1.82) is 0 Å². The lowest BCUT2D eigenvalue weighted by molar-refractivity contribution is 0.121. The van der Waals surface area contributed by atoms with E-state index in [0.29, 0.717) is 43.2 Å². The maximum absolute atomic E-state index is 13.1. The molecule has 1 fully saturated rings. The zero-order chi connectivity index (χ0) is 22.4. The molecule has 1 aliphatic heterocycles. The minimum Gasteiger partial charge on any atom is -0.440 e. The molecule has 3 heterocycles. The van der Waals surface area contributed by atoms with Gasteiger partial charge in [0.15, 0.2) is 11.3 Å². The summed E-state index contributed by atoms with van der Waals surface area (Å²) in [6.07, 6.45) is 2.67. The van der Waals surface area contributed by atoms with Crippen molar-refractivity contribution >= 4 is 48.4 Å². The number of anilines is 1. The van der Waals surface area contributed by atoms with Gasteiger partial charge in [-0.2, -0.15) is 0 Å². The van der Waals surface area contributed by atoms with Gasteiger partial charge in [0.2, 0.25) is 0 Å². The molecule has 0 unspecified atom stereocenters. The van der Waals surface area contributed by atoms with Gasteiger partial charge in [-0.05, 0) is 24.1 Å². The lowest BCUT2D eigenvalue weighted by atomic mass is 9.94. The largest absolute Gasteiger partial charge is 0.440 e. The van der Waals surface area contributed by atoms with Gasteiger partial charge in [0, 0.05) is 50.5 Å². The molecule has 5 aromatic rings. The quantitative estimate of drug-likeness (QED) is 0.296. The number of nitrogens with zero attached hydrogens (tertiary/aromatic N) is 1. The second kappa shape index (κ2) is 8.18. The molecule has 4 nitrogen and oxygen atoms in total. The summed E-state index contributed by atoms with van der Waals surface area (Å²) in [7, 11) is 0. The number of para-hydroxylation sites is 1. The van der Waals surface area contributed by atoms with Gasteiger partial charge >= 0.3 is 0 Å². The summed E-state index contributed by atoms with van der Waals surface area (Å²) in [5.41, 5.74) is 3.88. The van der Waals surface area contributed by atoms with Crippen LogP contribution in [0.25, 0.3) is 42.3 Å². The molecule has 0 bridgehead atoms. The molecule has 6 rings (SSSR count). The van der Waals surface area contributed by atoms with Gasteiger partial charge in [-0.1, -0.05) is 48.5 Å². The highest BCUT2D eigenvalue weighted by Gasteiger charge is 2.20. The van der Waals surface area contributed by atoms with E-state index in [2.05, 4.69) is 53.9 Å². The molecule has 3 aromatic carbocycles. The predicted molar refractivity (Wildman–Crippen MR) is 138 cm³/mol. The van der Waals surface area contributed by atoms with Crippen molar-refractivity contribution in [2.75, 3.05) is 31.2 Å². The first-order valence-electron chi connectivity index (χ1n) is 11.2. The normalized spacial score (nSPS) is 14.4. The third-order valence-corrected chi connectivity index (χ3v) is 7.54. The first-order valence-corrected chi connectivity index (χ1v) is 12.0. The smallest absolute Gasteiger partial charge is 0.200 e. The second-order valence-corrected chi connectivity index (χ2v) is 9.35. The number of ether oxygens (including phenoxy) is 1. The molecule has 0 saturated carbocycles. The molecule has 0 spiro atoms. The van der Waals surface area contributed by atoms with E-state index in [-0.39, 0.29) is 5.43 Å². The van der Waals surface area contributed by atoms with Gasteiger partial charge in [0.1, 0.15) is 5.58 Å². The van der Waals surface area contributed by atoms with E-state index in [1.807, 2.05) is 18.2 Å². The van der Waals surface area contributed by atoms with E-state index in [4.69, 9.17) is 9.15 Å². The zero-order valence-corrected chi connectivity index (χ0v) is 19.0. The van der Waals surface area contributed by atoms with Gasteiger partial charge in [-0.3, -0.25) is 4.79 Å². The Hall–Kier alpha value is -3.41. The highest BCUT2D eigenvalue weighted by atomic mass is 32.1. The SMILES string of the molecule is C=CCc1ccc2c(sc3ccccc32)c1-c1cccc2c(=O)cc(N3CCOCC3)oc12. The number of hydrogen-bond donors (Lipinski definition) is 0. The number of allylic oxidation sites excluding steroid dienone is 1. The van der Waals surface area contributed by atoms with E-state index in [1.165, 1.54) is 25.7 Å². The van der Waals surface area contributed by atoms with Gasteiger partial charge in [0.25, 0.3) is 0 Å². The molecule has 5 heteroatoms. The van der Waals surface area contributed by atoms with Crippen molar-refractivity contribution in [2.45, 2.75) is 6.42 Å². The van der Waals surface area contributed by atoms with Crippen LogP contribution in [0.2, 0.25) is 0 Å². The summed E-state index contributed by atoms with van der Waals surface area (Å²) in [6, 6.07) is 20.4. The molecule has 1 aliphatic rings. The Kier molecular flexibility index (Phi) is 5.01. The highest BCUT2D eigenvalue weighted by Crippen LogP contribution is 2.43. The Morgan fingerprint density at radius 2 is 1.79 bits per heavy atom. The van der Waals surface area contributed by atoms with Crippen LogP contribution in [0.1, 0.15) is 5.56 Å². The Bertz CT molecular complexity index is 1570. The topological polar surface area (TPSA) is 42.7 Å². The Labute approximate surface area is 195 Å². The summed E-state index contributed by atoms with van der Waals surface area (Å²) < 4.78 is 14.4. The van der Waals surface area contributed by atoms with E-state index in [1.54, 1.807) is 17.4 Å². The van der Waals surface area contributed by atoms with E-state index in [9.17, 15) is 4.79 Å². The second-order valence-electron chi connectivity index (χ2n) is 8.30. The van der Waals surface area contributed by atoms with Crippen molar-refractivity contribution < 1.29 is 9.15 Å². The van der Waals surface area contributed by atoms with Crippen molar-refractivity contribution in [3.05, 3.63) is 89.1 Å². The van der Waals surface area contributed by atoms with Crippen molar-refractivity contribution in [3.63, 3.8) is 0 Å². The lowest BCUT2D eigenvalue weighted by Gasteiger charge is -2.27. The van der Waals surface area contributed by atoms with E-state index in [0.717, 1.165) is 17.5 Å². The van der Waals surface area contributed by atoms with Crippen molar-refractivity contribution in [1.82, 2.24) is 0 Å². The van der Waals surface area contributed by atoms with Crippen molar-refractivity contribution in [2.24, 2.45) is 0 Å². The average molecular weight is 454 g/mol. The third kappa shape index (κ3) is 3.36. The fourth-order valence-corrected chi connectivity index (χ4v) is 6.04. The number of hydrogen-bond acceptors (Lipinski definition) is 5. The molecule has 1 saturated heterocycles. The number of rotatable bonds is 4. The zero-order valence-electron chi connectivity index (χ0n) is 18.2. The van der Waals surface area contributed by atoms with Crippen LogP contribution in [0.3, 0.4) is 0 Å². The Morgan fingerprint density at radius 3 is 2.64 bits per heavy atom. The Morgan fingerprint density at radius 1 is 0.970 bits per heavy atom. The molecule has 164 valence electrons. The first kappa shape index (κ1) is 20.2. The molecular weight excluding hydrogens is 430 g/mol. The number of morpholine rings is 1. The van der Waals surface area contributed by atoms with Crippen LogP contribution in [0, 0.1) is 0 Å². The van der Waals surface area contributed by atoms with Gasteiger partial charge in [-0.15, -0.1) is 17.9 Å². The molecule has 0 aliphatic carbocycles. The summed E-state index contributed by atoms with van der Waals surface area (Å²) >= 11 is 1.79. The van der Waals surface area contributed by atoms with Crippen LogP contribution >= 0.6 is 11.3 Å². The maximum Gasteiger partial charge on any atom is 0.200 e. The molecule has 0 amide bonds. The maximum atomic E-state index is 13.1. The summed E-state index contributed by atoms with van der Waals surface area (Å²) in [4.78, 5) is 15.2. The van der Waals surface area contributed by atoms with Gasteiger partial charge in [-0.25, -0.2) is 0 Å². The van der Waals surface area contributed by atoms with Gasteiger partial charge in [0.05, 0.1) is 18.6 Å². The Balaban J connectivity index is 1.68. The average Bonchev–Trinajstić information content (AvgIpc) is 3.23. The van der Waals surface area contributed by atoms with E-state index >= 15 is 0 Å². The monoisotopic (exact) mass is 453 g/mol. The number of benzene rings is 3. The summed E-state index contributed by atoms with van der Waals surface area (Å²) in [6.45, 7) is 6.67. The lowest BCUT2D eigenvalue weighted by Crippen LogP contribution is -2.36. The molecule has 2 aromatic heterocycles. The summed E-state index contributed by atoms with van der Waals surface area (Å²) in [5.74, 6) is 0.608. The van der Waals surface area contributed by atoms with Crippen LogP contribution in [0.4, 0.5) is 5.88 Å². The number of thiophene rings is 1. The molecule has 0 atom stereocenters. The minimum absolute atomic E-state index is 0.0200. The third-order valence-electron chi connectivity index (χ3n) is 6.33.